The largest absolute Gasteiger partial charge is 0.300 e. The van der Waals surface area contributed by atoms with E-state index in [0.717, 1.165) is 25.7 Å². The van der Waals surface area contributed by atoms with E-state index < -0.39 is 0 Å². The molecule has 0 radical (unpaired) electrons. The normalized spacial score (nSPS) is 11.5. The van der Waals surface area contributed by atoms with Gasteiger partial charge in [-0.15, -0.1) is 0 Å². The van der Waals surface area contributed by atoms with Gasteiger partial charge in [0.2, 0.25) is 0 Å². The van der Waals surface area contributed by atoms with Crippen molar-refractivity contribution in [1.29, 1.82) is 0 Å². The van der Waals surface area contributed by atoms with Crippen LogP contribution in [0.2, 0.25) is 0 Å². The molecule has 0 saturated heterocycles. The fraction of sp³-hybridized carbons (Fsp3) is 0.975. The van der Waals surface area contributed by atoms with Gasteiger partial charge in [0.05, 0.1) is 0 Å². The first-order valence-corrected chi connectivity index (χ1v) is 19.8. The molecule has 0 aromatic carbocycles. The topological polar surface area (TPSA) is 17.1 Å². The van der Waals surface area contributed by atoms with Crippen LogP contribution in [0, 0.1) is 0 Å². The molecule has 0 aromatic rings. The van der Waals surface area contributed by atoms with Crippen LogP contribution in [0.25, 0.3) is 0 Å². The van der Waals surface area contributed by atoms with Crippen LogP contribution < -0.4 is 0 Å². The Bertz CT molecular complexity index is 469. The number of unbranched alkanes of at least 4 members (excludes halogenated alkanes) is 33. The minimum Gasteiger partial charge on any atom is -0.300 e. The fourth-order valence-corrected chi connectivity index (χ4v) is 6.40. The van der Waals surface area contributed by atoms with Crippen molar-refractivity contribution in [2.24, 2.45) is 0 Å². The van der Waals surface area contributed by atoms with Crippen LogP contribution in [0.1, 0.15) is 251 Å². The Labute approximate surface area is 261 Å². The van der Waals surface area contributed by atoms with Crippen molar-refractivity contribution >= 4 is 5.78 Å². The van der Waals surface area contributed by atoms with Crippen LogP contribution in [0.3, 0.4) is 0 Å². The van der Waals surface area contributed by atoms with Crippen molar-refractivity contribution < 1.29 is 4.79 Å². The molecule has 0 N–H and O–H groups in total. The first kappa shape index (κ1) is 40.7. The van der Waals surface area contributed by atoms with E-state index in [0.29, 0.717) is 5.78 Å². The van der Waals surface area contributed by atoms with Crippen molar-refractivity contribution in [2.75, 3.05) is 0 Å². The summed E-state index contributed by atoms with van der Waals surface area (Å²) in [5, 5.41) is 0. The molecule has 0 amide bonds. The van der Waals surface area contributed by atoms with Crippen LogP contribution in [0.5, 0.6) is 0 Å². The lowest BCUT2D eigenvalue weighted by molar-refractivity contribution is -0.119. The van der Waals surface area contributed by atoms with Gasteiger partial charge in [-0.05, 0) is 12.8 Å². The molecular weight excluding hydrogens is 496 g/mol. The highest BCUT2D eigenvalue weighted by molar-refractivity contribution is 5.78. The van der Waals surface area contributed by atoms with Gasteiger partial charge in [-0.1, -0.05) is 226 Å². The van der Waals surface area contributed by atoms with Crippen LogP contribution >= 0.6 is 0 Å². The lowest BCUT2D eigenvalue weighted by Crippen LogP contribution is -1.97. The Morgan fingerprint density at radius 3 is 0.561 bits per heavy atom. The van der Waals surface area contributed by atoms with Gasteiger partial charge in [-0.3, -0.25) is 4.79 Å². The highest BCUT2D eigenvalue weighted by Gasteiger charge is 2.02. The van der Waals surface area contributed by atoms with Gasteiger partial charge < -0.3 is 0 Å². The third-order valence-electron chi connectivity index (χ3n) is 9.37. The van der Waals surface area contributed by atoms with Crippen molar-refractivity contribution in [3.8, 4) is 0 Å². The molecule has 0 atom stereocenters. The molecule has 0 aliphatic heterocycles. The molecule has 0 bridgehead atoms. The van der Waals surface area contributed by atoms with Crippen LogP contribution in [-0.2, 0) is 4.79 Å². The number of carbonyl (C=O) groups excluding carboxylic acids is 1. The molecule has 0 aliphatic carbocycles. The third kappa shape index (κ3) is 37.6. The lowest BCUT2D eigenvalue weighted by Gasteiger charge is -2.05. The molecule has 0 spiro atoms. The van der Waals surface area contributed by atoms with E-state index in [9.17, 15) is 4.79 Å². The van der Waals surface area contributed by atoms with Gasteiger partial charge in [0.15, 0.2) is 0 Å². The van der Waals surface area contributed by atoms with Crippen molar-refractivity contribution in [3.63, 3.8) is 0 Å². The number of rotatable bonds is 37. The monoisotopic (exact) mass is 577 g/mol. The summed E-state index contributed by atoms with van der Waals surface area (Å²) in [7, 11) is 0. The van der Waals surface area contributed by atoms with Gasteiger partial charge in [-0.25, -0.2) is 0 Å². The Hall–Kier alpha value is -0.330. The zero-order valence-corrected chi connectivity index (χ0v) is 29.1. The minimum atomic E-state index is 0.522. The zero-order chi connectivity index (χ0) is 29.7. The summed E-state index contributed by atoms with van der Waals surface area (Å²) in [6, 6.07) is 0. The van der Waals surface area contributed by atoms with Crippen molar-refractivity contribution in [1.82, 2.24) is 0 Å². The summed E-state index contributed by atoms with van der Waals surface area (Å²) in [6.07, 6.45) is 51.0. The minimum absolute atomic E-state index is 0.522. The van der Waals surface area contributed by atoms with Crippen LogP contribution in [0.4, 0.5) is 0 Å². The molecule has 0 heterocycles. The van der Waals surface area contributed by atoms with Crippen molar-refractivity contribution in [2.45, 2.75) is 251 Å². The highest BCUT2D eigenvalue weighted by atomic mass is 16.1. The average molecular weight is 577 g/mol. The van der Waals surface area contributed by atoms with E-state index in [1.54, 1.807) is 0 Å². The number of hydrogen-bond acceptors (Lipinski definition) is 1. The molecule has 1 nitrogen and oxygen atoms in total. The number of carbonyl (C=O) groups is 1. The predicted molar refractivity (Wildman–Crippen MR) is 187 cm³/mol. The molecule has 41 heavy (non-hydrogen) atoms. The Kier molecular flexibility index (Phi) is 37.4. The standard InChI is InChI=1S/C40H80O/c1-3-5-7-9-11-12-13-14-15-16-17-18-19-20-21-22-23-24-25-26-27-28-29-30-31-33-35-37-39-40(41)38-36-34-32-10-8-6-4-2/h3-39H2,1-2H3. The smallest absolute Gasteiger partial charge is 0.132 e. The van der Waals surface area contributed by atoms with E-state index in [2.05, 4.69) is 13.8 Å². The molecular formula is C40H80O. The maximum Gasteiger partial charge on any atom is 0.132 e. The molecule has 0 rings (SSSR count). The van der Waals surface area contributed by atoms with E-state index in [-0.39, 0.29) is 0 Å². The van der Waals surface area contributed by atoms with Gasteiger partial charge in [-0.2, -0.15) is 0 Å². The fourth-order valence-electron chi connectivity index (χ4n) is 6.40. The Balaban J connectivity index is 3.09. The summed E-state index contributed by atoms with van der Waals surface area (Å²) in [5.74, 6) is 0.522. The van der Waals surface area contributed by atoms with Gasteiger partial charge in [0.1, 0.15) is 5.78 Å². The maximum absolute atomic E-state index is 12.0. The molecule has 246 valence electrons. The van der Waals surface area contributed by atoms with Crippen LogP contribution in [-0.4, -0.2) is 5.78 Å². The van der Waals surface area contributed by atoms with E-state index in [1.807, 2.05) is 0 Å². The van der Waals surface area contributed by atoms with Gasteiger partial charge >= 0.3 is 0 Å². The second-order valence-corrected chi connectivity index (χ2v) is 13.7. The molecule has 0 aliphatic rings. The molecule has 0 saturated carbocycles. The van der Waals surface area contributed by atoms with Crippen molar-refractivity contribution in [3.05, 3.63) is 0 Å². The summed E-state index contributed by atoms with van der Waals surface area (Å²) in [6.45, 7) is 4.57. The second-order valence-electron chi connectivity index (χ2n) is 13.7. The Morgan fingerprint density at radius 2 is 0.390 bits per heavy atom. The average Bonchev–Trinajstić information content (AvgIpc) is 2.98. The predicted octanol–water partition coefficient (Wildman–Crippen LogP) is 15.0. The highest BCUT2D eigenvalue weighted by Crippen LogP contribution is 2.17. The summed E-state index contributed by atoms with van der Waals surface area (Å²) < 4.78 is 0. The molecule has 0 unspecified atom stereocenters. The van der Waals surface area contributed by atoms with Gasteiger partial charge in [0, 0.05) is 12.8 Å². The number of Topliss-reactive ketones (excluding diaryl/α,β-unsaturated/α-hetero) is 1. The molecule has 0 fully saturated rings. The van der Waals surface area contributed by atoms with Gasteiger partial charge in [0.25, 0.3) is 0 Å². The molecule has 0 aromatic heterocycles. The van der Waals surface area contributed by atoms with Crippen LogP contribution in [0.15, 0.2) is 0 Å². The van der Waals surface area contributed by atoms with E-state index in [4.69, 9.17) is 0 Å². The Morgan fingerprint density at radius 1 is 0.244 bits per heavy atom. The summed E-state index contributed by atoms with van der Waals surface area (Å²) in [5.41, 5.74) is 0. The lowest BCUT2D eigenvalue weighted by atomic mass is 10.0. The third-order valence-corrected chi connectivity index (χ3v) is 9.37. The number of ketones is 1. The summed E-state index contributed by atoms with van der Waals surface area (Å²) >= 11 is 0. The second kappa shape index (κ2) is 37.7. The quantitative estimate of drug-likeness (QED) is 0.0672. The maximum atomic E-state index is 12.0. The van der Waals surface area contributed by atoms with E-state index in [1.165, 1.54) is 212 Å². The SMILES string of the molecule is CCCCCCCCCCCCCCCCCCCCCCCCCCCCCCC(=O)CCCCCCCCC. The first-order valence-electron chi connectivity index (χ1n) is 19.8. The zero-order valence-electron chi connectivity index (χ0n) is 29.1. The number of hydrogen-bond donors (Lipinski definition) is 0. The molecule has 1 heteroatoms. The summed E-state index contributed by atoms with van der Waals surface area (Å²) in [4.78, 5) is 12.0. The van der Waals surface area contributed by atoms with E-state index >= 15 is 0 Å². The first-order chi connectivity index (χ1) is 20.3.